The Hall–Kier alpha value is -3.81. The van der Waals surface area contributed by atoms with E-state index in [1.54, 1.807) is 34.9 Å². The average Bonchev–Trinajstić information content (AvgIpc) is 3.18. The minimum Gasteiger partial charge on any atom is -0.497 e. The number of amides is 2. The van der Waals surface area contributed by atoms with E-state index in [1.807, 2.05) is 37.4 Å². The average molecular weight is 434 g/mol. The Balaban J connectivity index is 1.54. The third kappa shape index (κ3) is 4.16. The van der Waals surface area contributed by atoms with Crippen molar-refractivity contribution >= 4 is 11.8 Å². The van der Waals surface area contributed by atoms with Crippen LogP contribution in [0.2, 0.25) is 0 Å². The van der Waals surface area contributed by atoms with Crippen LogP contribution in [0.15, 0.2) is 48.5 Å². The number of nitrogens with zero attached hydrogens (tertiary/aromatic N) is 3. The predicted octanol–water partition coefficient (Wildman–Crippen LogP) is 2.57. The molecule has 8 nitrogen and oxygen atoms in total. The van der Waals surface area contributed by atoms with Crippen LogP contribution >= 0.6 is 0 Å². The van der Waals surface area contributed by atoms with Crippen molar-refractivity contribution in [1.82, 2.24) is 20.0 Å². The van der Waals surface area contributed by atoms with Gasteiger partial charge in [-0.05, 0) is 17.7 Å². The maximum atomic E-state index is 13.3. The lowest BCUT2D eigenvalue weighted by molar-refractivity contribution is 0.0727. The highest BCUT2D eigenvalue weighted by molar-refractivity contribution is 5.98. The molecule has 32 heavy (non-hydrogen) atoms. The first-order valence-electron chi connectivity index (χ1n) is 10.4. The second kappa shape index (κ2) is 9.13. The monoisotopic (exact) mass is 434 g/mol. The summed E-state index contributed by atoms with van der Waals surface area (Å²) in [6.07, 6.45) is 0.620. The van der Waals surface area contributed by atoms with Crippen molar-refractivity contribution < 1.29 is 19.1 Å². The first-order valence-corrected chi connectivity index (χ1v) is 10.4. The summed E-state index contributed by atoms with van der Waals surface area (Å²) >= 11 is 0. The number of ether oxygens (including phenoxy) is 2. The van der Waals surface area contributed by atoms with Gasteiger partial charge in [0, 0.05) is 43.9 Å². The van der Waals surface area contributed by atoms with Gasteiger partial charge in [0.15, 0.2) is 5.69 Å². The maximum Gasteiger partial charge on any atom is 0.272 e. The number of methoxy groups -OCH3 is 2. The summed E-state index contributed by atoms with van der Waals surface area (Å²) in [7, 11) is 4.92. The molecule has 1 aliphatic heterocycles. The molecule has 0 spiro atoms. The highest BCUT2D eigenvalue weighted by Gasteiger charge is 2.30. The Morgan fingerprint density at radius 1 is 1.09 bits per heavy atom. The molecule has 0 fully saturated rings. The Morgan fingerprint density at radius 2 is 1.88 bits per heavy atom. The highest BCUT2D eigenvalue weighted by Crippen LogP contribution is 2.29. The van der Waals surface area contributed by atoms with Crippen molar-refractivity contribution in [2.45, 2.75) is 19.5 Å². The van der Waals surface area contributed by atoms with E-state index in [4.69, 9.17) is 9.47 Å². The number of carbonyl (C=O) groups is 2. The van der Waals surface area contributed by atoms with Crippen molar-refractivity contribution in [3.05, 3.63) is 76.6 Å². The topological polar surface area (TPSA) is 85.7 Å². The number of nitrogens with one attached hydrogen (secondary N) is 1. The van der Waals surface area contributed by atoms with Crippen molar-refractivity contribution in [1.29, 1.82) is 0 Å². The number of rotatable bonds is 6. The molecule has 0 atom stereocenters. The van der Waals surface area contributed by atoms with Gasteiger partial charge < -0.3 is 19.7 Å². The largest absolute Gasteiger partial charge is 0.497 e. The molecule has 0 radical (unpaired) electrons. The Labute approximate surface area is 186 Å². The normalized spacial score (nSPS) is 12.8. The van der Waals surface area contributed by atoms with Crippen LogP contribution in [-0.2, 0) is 26.6 Å². The van der Waals surface area contributed by atoms with E-state index in [0.717, 1.165) is 16.8 Å². The predicted molar refractivity (Wildman–Crippen MR) is 119 cm³/mol. The summed E-state index contributed by atoms with van der Waals surface area (Å²) in [6, 6.07) is 14.8. The van der Waals surface area contributed by atoms with Gasteiger partial charge in [0.05, 0.1) is 26.3 Å². The van der Waals surface area contributed by atoms with Gasteiger partial charge in [-0.3, -0.25) is 14.3 Å². The van der Waals surface area contributed by atoms with Crippen molar-refractivity contribution in [2.24, 2.45) is 7.05 Å². The van der Waals surface area contributed by atoms with Gasteiger partial charge >= 0.3 is 0 Å². The van der Waals surface area contributed by atoms with Crippen LogP contribution in [0.25, 0.3) is 0 Å². The summed E-state index contributed by atoms with van der Waals surface area (Å²) in [5.41, 5.74) is 3.58. The lowest BCUT2D eigenvalue weighted by Gasteiger charge is -2.28. The van der Waals surface area contributed by atoms with Gasteiger partial charge in [-0.2, -0.15) is 5.10 Å². The summed E-state index contributed by atoms with van der Waals surface area (Å²) in [5.74, 6) is 0.660. The lowest BCUT2D eigenvalue weighted by Crippen LogP contribution is -2.37. The van der Waals surface area contributed by atoms with Crippen LogP contribution in [0.1, 0.15) is 37.7 Å². The van der Waals surface area contributed by atoms with Crippen LogP contribution in [0, 0.1) is 0 Å². The molecule has 0 saturated heterocycles. The van der Waals surface area contributed by atoms with Crippen LogP contribution in [-0.4, -0.2) is 47.3 Å². The Morgan fingerprint density at radius 3 is 2.59 bits per heavy atom. The molecular formula is C24H26N4O4. The van der Waals surface area contributed by atoms with E-state index < -0.39 is 0 Å². The van der Waals surface area contributed by atoms with Crippen LogP contribution < -0.4 is 14.8 Å². The molecule has 8 heteroatoms. The molecular weight excluding hydrogens is 408 g/mol. The number of aryl methyl sites for hydroxylation is 1. The Bertz CT molecular complexity index is 1140. The fraction of sp³-hybridized carbons (Fsp3) is 0.292. The van der Waals surface area contributed by atoms with Crippen LogP contribution in [0.4, 0.5) is 0 Å². The molecule has 4 rings (SSSR count). The molecule has 2 heterocycles. The molecule has 1 aliphatic rings. The number of carbonyl (C=O) groups excluding carboxylic acids is 2. The minimum absolute atomic E-state index is 0.158. The van der Waals surface area contributed by atoms with Crippen molar-refractivity contribution in [2.75, 3.05) is 20.8 Å². The molecule has 3 aromatic rings. The fourth-order valence-corrected chi connectivity index (χ4v) is 3.96. The quantitative estimate of drug-likeness (QED) is 0.645. The molecule has 0 aliphatic carbocycles. The zero-order valence-electron chi connectivity index (χ0n) is 18.4. The molecule has 2 amide bonds. The number of fused-ring (bicyclic) bond motifs is 1. The van der Waals surface area contributed by atoms with Gasteiger partial charge in [0.25, 0.3) is 11.8 Å². The number of aromatic nitrogens is 2. The summed E-state index contributed by atoms with van der Waals surface area (Å²) in [4.78, 5) is 27.9. The van der Waals surface area contributed by atoms with Crippen molar-refractivity contribution in [3.63, 3.8) is 0 Å². The minimum atomic E-state index is -0.248. The standard InChI is InChI=1S/C24H26N4O4/c1-27-20-11-12-28(24(30)18-10-9-17(31-2)13-21(18)32-3)15-19(20)22(26-27)23(29)25-14-16-7-5-4-6-8-16/h4-10,13H,11-12,14-15H2,1-3H3,(H,25,29). The van der Waals surface area contributed by atoms with E-state index in [-0.39, 0.29) is 11.8 Å². The third-order valence-electron chi connectivity index (χ3n) is 5.68. The van der Waals surface area contributed by atoms with Crippen LogP contribution in [0.3, 0.4) is 0 Å². The molecule has 1 aromatic heterocycles. The smallest absolute Gasteiger partial charge is 0.272 e. The highest BCUT2D eigenvalue weighted by atomic mass is 16.5. The van der Waals surface area contributed by atoms with Crippen molar-refractivity contribution in [3.8, 4) is 11.5 Å². The van der Waals surface area contributed by atoms with Gasteiger partial charge in [0.2, 0.25) is 0 Å². The first kappa shape index (κ1) is 21.4. The molecule has 166 valence electrons. The fourth-order valence-electron chi connectivity index (χ4n) is 3.96. The zero-order valence-corrected chi connectivity index (χ0v) is 18.4. The lowest BCUT2D eigenvalue weighted by atomic mass is 10.0. The first-order chi connectivity index (χ1) is 15.5. The second-order valence-corrected chi connectivity index (χ2v) is 7.61. The number of benzene rings is 2. The molecule has 0 bridgehead atoms. The molecule has 2 aromatic carbocycles. The third-order valence-corrected chi connectivity index (χ3v) is 5.68. The number of hydrogen-bond acceptors (Lipinski definition) is 5. The summed E-state index contributed by atoms with van der Waals surface area (Å²) in [5, 5.41) is 7.39. The SMILES string of the molecule is COc1ccc(C(=O)N2CCc3c(c(C(=O)NCc4ccccc4)nn3C)C2)c(OC)c1. The van der Waals surface area contributed by atoms with Crippen LogP contribution in [0.5, 0.6) is 11.5 Å². The molecule has 0 saturated carbocycles. The van der Waals surface area contributed by atoms with Gasteiger partial charge in [-0.25, -0.2) is 0 Å². The van der Waals surface area contributed by atoms with E-state index in [2.05, 4.69) is 10.4 Å². The zero-order chi connectivity index (χ0) is 22.7. The maximum absolute atomic E-state index is 13.3. The van der Waals surface area contributed by atoms with E-state index in [1.165, 1.54) is 7.11 Å². The van der Waals surface area contributed by atoms with E-state index in [0.29, 0.717) is 48.8 Å². The van der Waals surface area contributed by atoms with E-state index >= 15 is 0 Å². The van der Waals surface area contributed by atoms with Gasteiger partial charge in [-0.15, -0.1) is 0 Å². The van der Waals surface area contributed by atoms with Gasteiger partial charge in [0.1, 0.15) is 11.5 Å². The second-order valence-electron chi connectivity index (χ2n) is 7.61. The number of hydrogen-bond donors (Lipinski definition) is 1. The summed E-state index contributed by atoms with van der Waals surface area (Å²) in [6.45, 7) is 1.26. The van der Waals surface area contributed by atoms with E-state index in [9.17, 15) is 9.59 Å². The molecule has 1 N–H and O–H groups in total. The van der Waals surface area contributed by atoms with Gasteiger partial charge in [-0.1, -0.05) is 30.3 Å². The Kier molecular flexibility index (Phi) is 6.11. The summed E-state index contributed by atoms with van der Waals surface area (Å²) < 4.78 is 12.4. The molecule has 0 unspecified atom stereocenters.